The van der Waals surface area contributed by atoms with E-state index in [9.17, 15) is 4.39 Å². The molecule has 1 aliphatic rings. The quantitative estimate of drug-likeness (QED) is 0.827. The molecule has 3 rings (SSSR count). The predicted octanol–water partition coefficient (Wildman–Crippen LogP) is 3.83. The van der Waals surface area contributed by atoms with Crippen molar-refractivity contribution in [3.05, 3.63) is 52.2 Å². The van der Waals surface area contributed by atoms with E-state index >= 15 is 0 Å². The smallest absolute Gasteiger partial charge is 0.156 e. The molecule has 1 saturated heterocycles. The number of rotatable bonds is 6. The number of aryl methyl sites for hydroxylation is 1. The summed E-state index contributed by atoms with van der Waals surface area (Å²) in [5.41, 5.74) is 1.85. The zero-order valence-electron chi connectivity index (χ0n) is 15.3. The van der Waals surface area contributed by atoms with Gasteiger partial charge in [0.2, 0.25) is 0 Å². The lowest BCUT2D eigenvalue weighted by Gasteiger charge is -2.26. The number of methoxy groups -OCH3 is 1. The second kappa shape index (κ2) is 8.29. The molecule has 0 aliphatic carbocycles. The zero-order chi connectivity index (χ0) is 18.7. The molecule has 0 amide bonds. The van der Waals surface area contributed by atoms with E-state index in [0.717, 1.165) is 36.6 Å². The first-order valence-corrected chi connectivity index (χ1v) is 9.08. The Hall–Kier alpha value is -1.76. The van der Waals surface area contributed by atoms with Crippen LogP contribution in [0.15, 0.2) is 24.3 Å². The molecule has 2 aromatic rings. The number of halogens is 2. The summed E-state index contributed by atoms with van der Waals surface area (Å²) in [5, 5.41) is 3.58. The number of hydrogen-bond donors (Lipinski definition) is 1. The van der Waals surface area contributed by atoms with E-state index in [1.807, 2.05) is 19.1 Å². The lowest BCUT2D eigenvalue weighted by molar-refractivity contribution is 0.177. The van der Waals surface area contributed by atoms with Crippen LogP contribution in [0.4, 0.5) is 10.2 Å². The minimum absolute atomic E-state index is 0.149. The Kier molecular flexibility index (Phi) is 6.06. The molecule has 7 heteroatoms. The molecule has 140 valence electrons. The number of nitrogens with zero attached hydrogens (tertiary/aromatic N) is 3. The second-order valence-corrected chi connectivity index (χ2v) is 7.18. The number of nitrogens with one attached hydrogen (secondary N) is 1. The molecule has 0 radical (unpaired) electrons. The van der Waals surface area contributed by atoms with Crippen LogP contribution in [-0.4, -0.2) is 42.1 Å². The van der Waals surface area contributed by atoms with E-state index < -0.39 is 0 Å². The Morgan fingerprint density at radius 1 is 1.35 bits per heavy atom. The van der Waals surface area contributed by atoms with Crippen LogP contribution in [0.2, 0.25) is 5.02 Å². The number of benzene rings is 1. The maximum absolute atomic E-state index is 13.9. The number of hydrogen-bond acceptors (Lipinski definition) is 5. The first-order valence-electron chi connectivity index (χ1n) is 8.70. The fourth-order valence-electron chi connectivity index (χ4n) is 3.61. The van der Waals surface area contributed by atoms with Crippen LogP contribution in [0.1, 0.15) is 29.5 Å². The van der Waals surface area contributed by atoms with E-state index in [4.69, 9.17) is 16.3 Å². The van der Waals surface area contributed by atoms with Crippen molar-refractivity contribution in [2.75, 3.05) is 32.6 Å². The number of anilines is 1. The lowest BCUT2D eigenvalue weighted by atomic mass is 9.93. The van der Waals surface area contributed by atoms with Crippen LogP contribution >= 0.6 is 11.6 Å². The standard InChI is InChI=1S/C19H24ClFN4O/c1-12-8-17(24-18(23-12)11-26-3)22-10-14-6-7-25(2)19(14)13-4-5-15(20)16(21)9-13/h4-5,8-9,14,19H,6-7,10-11H2,1-3H3,(H,22,23,24). The third-order valence-corrected chi connectivity index (χ3v) is 5.09. The molecule has 1 N–H and O–H groups in total. The van der Waals surface area contributed by atoms with E-state index in [-0.39, 0.29) is 16.9 Å². The van der Waals surface area contributed by atoms with Gasteiger partial charge in [0.1, 0.15) is 18.2 Å². The molecule has 0 bridgehead atoms. The molecule has 2 heterocycles. The maximum atomic E-state index is 13.9. The van der Waals surface area contributed by atoms with Gasteiger partial charge in [0.15, 0.2) is 5.82 Å². The van der Waals surface area contributed by atoms with E-state index in [1.54, 1.807) is 19.2 Å². The summed E-state index contributed by atoms with van der Waals surface area (Å²) in [6.07, 6.45) is 1.04. The fourth-order valence-corrected chi connectivity index (χ4v) is 3.73. The van der Waals surface area contributed by atoms with Crippen molar-refractivity contribution >= 4 is 17.4 Å². The van der Waals surface area contributed by atoms with E-state index in [0.29, 0.717) is 18.3 Å². The van der Waals surface area contributed by atoms with Gasteiger partial charge in [-0.3, -0.25) is 4.90 Å². The first-order chi connectivity index (χ1) is 12.5. The van der Waals surface area contributed by atoms with Crippen molar-refractivity contribution in [1.29, 1.82) is 0 Å². The highest BCUT2D eigenvalue weighted by molar-refractivity contribution is 6.30. The normalized spacial score (nSPS) is 20.5. The van der Waals surface area contributed by atoms with Crippen LogP contribution < -0.4 is 5.32 Å². The Labute approximate surface area is 158 Å². The summed E-state index contributed by atoms with van der Waals surface area (Å²) in [6, 6.07) is 7.17. The SMILES string of the molecule is COCc1nc(C)cc(NCC2CCN(C)C2c2ccc(Cl)c(F)c2)n1. The van der Waals surface area contributed by atoms with Crippen molar-refractivity contribution in [3.8, 4) is 0 Å². The average Bonchev–Trinajstić information content (AvgIpc) is 2.96. The second-order valence-electron chi connectivity index (χ2n) is 6.77. The lowest BCUT2D eigenvalue weighted by Crippen LogP contribution is -2.25. The molecule has 1 aliphatic heterocycles. The molecule has 1 fully saturated rings. The number of ether oxygens (including phenoxy) is 1. The highest BCUT2D eigenvalue weighted by atomic mass is 35.5. The van der Waals surface area contributed by atoms with Gasteiger partial charge in [-0.15, -0.1) is 0 Å². The summed E-state index contributed by atoms with van der Waals surface area (Å²) in [6.45, 7) is 4.05. The van der Waals surface area contributed by atoms with Crippen molar-refractivity contribution in [2.24, 2.45) is 5.92 Å². The minimum atomic E-state index is -0.369. The highest BCUT2D eigenvalue weighted by Crippen LogP contribution is 2.37. The molecule has 0 saturated carbocycles. The van der Waals surface area contributed by atoms with Crippen LogP contribution in [0.25, 0.3) is 0 Å². The molecule has 26 heavy (non-hydrogen) atoms. The van der Waals surface area contributed by atoms with Gasteiger partial charge >= 0.3 is 0 Å². The third kappa shape index (κ3) is 4.31. The summed E-state index contributed by atoms with van der Waals surface area (Å²) in [5.74, 6) is 1.43. The summed E-state index contributed by atoms with van der Waals surface area (Å²) >= 11 is 5.83. The van der Waals surface area contributed by atoms with Crippen molar-refractivity contribution in [2.45, 2.75) is 26.0 Å². The van der Waals surface area contributed by atoms with Gasteiger partial charge in [-0.25, -0.2) is 14.4 Å². The molecule has 5 nitrogen and oxygen atoms in total. The van der Waals surface area contributed by atoms with Gasteiger partial charge in [-0.1, -0.05) is 17.7 Å². The molecular weight excluding hydrogens is 355 g/mol. The fraction of sp³-hybridized carbons (Fsp3) is 0.474. The van der Waals surface area contributed by atoms with Crippen LogP contribution in [0.3, 0.4) is 0 Å². The zero-order valence-corrected chi connectivity index (χ0v) is 16.1. The maximum Gasteiger partial charge on any atom is 0.156 e. The third-order valence-electron chi connectivity index (χ3n) is 4.78. The minimum Gasteiger partial charge on any atom is -0.377 e. The van der Waals surface area contributed by atoms with E-state index in [2.05, 4.69) is 27.2 Å². The van der Waals surface area contributed by atoms with Gasteiger partial charge in [-0.05, 0) is 50.6 Å². The number of likely N-dealkylation sites (tertiary alicyclic amines) is 1. The van der Waals surface area contributed by atoms with Crippen molar-refractivity contribution < 1.29 is 9.13 Å². The first kappa shape index (κ1) is 19.0. The van der Waals surface area contributed by atoms with Crippen LogP contribution in [-0.2, 0) is 11.3 Å². The van der Waals surface area contributed by atoms with Crippen LogP contribution in [0.5, 0.6) is 0 Å². The van der Waals surface area contributed by atoms with Gasteiger partial charge in [0, 0.05) is 31.5 Å². The Balaban J connectivity index is 1.73. The summed E-state index contributed by atoms with van der Waals surface area (Å²) in [7, 11) is 3.70. The van der Waals surface area contributed by atoms with Gasteiger partial charge in [-0.2, -0.15) is 0 Å². The Bertz CT molecular complexity index is 773. The average molecular weight is 379 g/mol. The van der Waals surface area contributed by atoms with Gasteiger partial charge < -0.3 is 10.1 Å². The summed E-state index contributed by atoms with van der Waals surface area (Å²) in [4.78, 5) is 11.1. The van der Waals surface area contributed by atoms with Crippen molar-refractivity contribution in [3.63, 3.8) is 0 Å². The van der Waals surface area contributed by atoms with E-state index in [1.165, 1.54) is 0 Å². The number of aromatic nitrogens is 2. The van der Waals surface area contributed by atoms with Gasteiger partial charge in [0.25, 0.3) is 0 Å². The molecule has 1 aromatic heterocycles. The Morgan fingerprint density at radius 3 is 2.88 bits per heavy atom. The topological polar surface area (TPSA) is 50.3 Å². The Morgan fingerprint density at radius 2 is 2.15 bits per heavy atom. The highest BCUT2D eigenvalue weighted by Gasteiger charge is 2.33. The molecule has 0 spiro atoms. The van der Waals surface area contributed by atoms with Gasteiger partial charge in [0.05, 0.1) is 5.02 Å². The van der Waals surface area contributed by atoms with Crippen molar-refractivity contribution in [1.82, 2.24) is 14.9 Å². The largest absolute Gasteiger partial charge is 0.377 e. The predicted molar refractivity (Wildman–Crippen MR) is 101 cm³/mol. The van der Waals surface area contributed by atoms with Crippen LogP contribution in [0, 0.1) is 18.7 Å². The molecular formula is C19H24ClFN4O. The monoisotopic (exact) mass is 378 g/mol. The molecule has 2 unspecified atom stereocenters. The molecule has 2 atom stereocenters. The molecule has 1 aromatic carbocycles. The summed E-state index contributed by atoms with van der Waals surface area (Å²) < 4.78 is 19.0.